The van der Waals surface area contributed by atoms with E-state index in [4.69, 9.17) is 0 Å². The smallest absolute Gasteiger partial charge is 0.191 e. The van der Waals surface area contributed by atoms with Crippen molar-refractivity contribution in [3.63, 3.8) is 0 Å². The topological polar surface area (TPSA) is 39.7 Å². The maximum absolute atomic E-state index is 13.6. The van der Waals surface area contributed by atoms with Gasteiger partial charge in [0.15, 0.2) is 5.96 Å². The Hall–Kier alpha value is -1.62. The molecule has 0 aliphatic carbocycles. The second kappa shape index (κ2) is 9.50. The number of benzene rings is 1. The van der Waals surface area contributed by atoms with Gasteiger partial charge in [0, 0.05) is 32.2 Å². The second-order valence-corrected chi connectivity index (χ2v) is 6.36. The summed E-state index contributed by atoms with van der Waals surface area (Å²) in [5.41, 5.74) is 0.650. The number of hydrogen-bond acceptors (Lipinski definition) is 2. The van der Waals surface area contributed by atoms with Crippen molar-refractivity contribution in [3.8, 4) is 0 Å². The third-order valence-electron chi connectivity index (χ3n) is 4.26. The standard InChI is InChI=1S/C18H29FN4/c1-15(14-23-10-6-3-7-11-23)12-21-18(20-2)22-13-16-8-4-5-9-17(16)19/h4-5,8-9,15H,3,6-7,10-14H2,1-2H3,(H2,20,21,22). The van der Waals surface area contributed by atoms with Crippen LogP contribution in [0, 0.1) is 11.7 Å². The normalized spacial score (nSPS) is 17.8. The van der Waals surface area contributed by atoms with Crippen molar-refractivity contribution in [1.29, 1.82) is 0 Å². The zero-order valence-corrected chi connectivity index (χ0v) is 14.3. The second-order valence-electron chi connectivity index (χ2n) is 6.36. The number of aliphatic imine (C=N–C) groups is 1. The summed E-state index contributed by atoms with van der Waals surface area (Å²) in [6.45, 7) is 7.14. The average Bonchev–Trinajstić information content (AvgIpc) is 2.57. The van der Waals surface area contributed by atoms with Gasteiger partial charge < -0.3 is 15.5 Å². The summed E-state index contributed by atoms with van der Waals surface area (Å²) < 4.78 is 13.6. The molecule has 0 spiro atoms. The molecule has 5 heteroatoms. The number of nitrogens with zero attached hydrogens (tertiary/aromatic N) is 2. The SMILES string of the molecule is CN=C(NCc1ccccc1F)NCC(C)CN1CCCCC1. The summed E-state index contributed by atoms with van der Waals surface area (Å²) in [5.74, 6) is 1.09. The van der Waals surface area contributed by atoms with Gasteiger partial charge >= 0.3 is 0 Å². The molecule has 1 saturated heterocycles. The van der Waals surface area contributed by atoms with Crippen LogP contribution in [0.15, 0.2) is 29.3 Å². The molecule has 1 aromatic rings. The summed E-state index contributed by atoms with van der Waals surface area (Å²) >= 11 is 0. The van der Waals surface area contributed by atoms with E-state index in [1.54, 1.807) is 19.2 Å². The van der Waals surface area contributed by atoms with Crippen LogP contribution in [0.4, 0.5) is 4.39 Å². The van der Waals surface area contributed by atoms with Crippen molar-refractivity contribution in [3.05, 3.63) is 35.6 Å². The summed E-state index contributed by atoms with van der Waals surface area (Å²) in [7, 11) is 1.74. The number of likely N-dealkylation sites (tertiary alicyclic amines) is 1. The molecule has 0 saturated carbocycles. The number of nitrogens with one attached hydrogen (secondary N) is 2. The lowest BCUT2D eigenvalue weighted by Crippen LogP contribution is -2.42. The monoisotopic (exact) mass is 320 g/mol. The predicted molar refractivity (Wildman–Crippen MR) is 94.1 cm³/mol. The lowest BCUT2D eigenvalue weighted by atomic mass is 10.1. The van der Waals surface area contributed by atoms with Gasteiger partial charge in [-0.1, -0.05) is 31.5 Å². The van der Waals surface area contributed by atoms with Crippen LogP contribution in [0.2, 0.25) is 0 Å². The first-order valence-corrected chi connectivity index (χ1v) is 8.59. The van der Waals surface area contributed by atoms with Gasteiger partial charge in [-0.2, -0.15) is 0 Å². The quantitative estimate of drug-likeness (QED) is 0.625. The Bertz CT molecular complexity index is 498. The molecule has 128 valence electrons. The molecule has 1 unspecified atom stereocenters. The maximum atomic E-state index is 13.6. The van der Waals surface area contributed by atoms with Gasteiger partial charge in [0.2, 0.25) is 0 Å². The molecule has 0 bridgehead atoms. The first-order chi connectivity index (χ1) is 11.2. The molecule has 1 atom stereocenters. The average molecular weight is 320 g/mol. The minimum atomic E-state index is -0.186. The van der Waals surface area contributed by atoms with E-state index in [1.807, 2.05) is 6.07 Å². The van der Waals surface area contributed by atoms with E-state index < -0.39 is 0 Å². The molecule has 0 radical (unpaired) electrons. The largest absolute Gasteiger partial charge is 0.356 e. The minimum absolute atomic E-state index is 0.186. The van der Waals surface area contributed by atoms with E-state index in [1.165, 1.54) is 38.4 Å². The Morgan fingerprint density at radius 2 is 1.96 bits per heavy atom. The third kappa shape index (κ3) is 6.18. The van der Waals surface area contributed by atoms with Crippen LogP contribution in [0.1, 0.15) is 31.7 Å². The first-order valence-electron chi connectivity index (χ1n) is 8.59. The fraction of sp³-hybridized carbons (Fsp3) is 0.611. The Labute approximate surface area is 139 Å². The van der Waals surface area contributed by atoms with Crippen molar-refractivity contribution < 1.29 is 4.39 Å². The van der Waals surface area contributed by atoms with Crippen molar-refractivity contribution in [1.82, 2.24) is 15.5 Å². The van der Waals surface area contributed by atoms with Crippen LogP contribution in [0.3, 0.4) is 0 Å². The summed E-state index contributed by atoms with van der Waals surface area (Å²) in [6, 6.07) is 6.81. The van der Waals surface area contributed by atoms with Gasteiger partial charge in [-0.3, -0.25) is 4.99 Å². The molecule has 0 aromatic heterocycles. The molecular formula is C18H29FN4. The van der Waals surface area contributed by atoms with Crippen LogP contribution in [0.5, 0.6) is 0 Å². The molecular weight excluding hydrogens is 291 g/mol. The molecule has 1 fully saturated rings. The van der Waals surface area contributed by atoms with Gasteiger partial charge in [-0.15, -0.1) is 0 Å². The number of halogens is 1. The van der Waals surface area contributed by atoms with Crippen molar-refractivity contribution in [2.45, 2.75) is 32.7 Å². The van der Waals surface area contributed by atoms with Gasteiger partial charge in [0.05, 0.1) is 0 Å². The maximum Gasteiger partial charge on any atom is 0.191 e. The lowest BCUT2D eigenvalue weighted by molar-refractivity contribution is 0.201. The lowest BCUT2D eigenvalue weighted by Gasteiger charge is -2.29. The zero-order chi connectivity index (χ0) is 16.5. The van der Waals surface area contributed by atoms with Crippen LogP contribution < -0.4 is 10.6 Å². The fourth-order valence-electron chi connectivity index (χ4n) is 2.96. The molecule has 23 heavy (non-hydrogen) atoms. The van der Waals surface area contributed by atoms with Crippen molar-refractivity contribution >= 4 is 5.96 Å². The summed E-state index contributed by atoms with van der Waals surface area (Å²) in [5, 5.41) is 6.51. The Balaban J connectivity index is 1.71. The summed E-state index contributed by atoms with van der Waals surface area (Å²) in [6.07, 6.45) is 4.02. The number of hydrogen-bond donors (Lipinski definition) is 2. The minimum Gasteiger partial charge on any atom is -0.356 e. The van der Waals surface area contributed by atoms with Crippen LogP contribution in [-0.4, -0.2) is 44.1 Å². The molecule has 1 aliphatic rings. The predicted octanol–water partition coefficient (Wildman–Crippen LogP) is 2.61. The van der Waals surface area contributed by atoms with E-state index in [-0.39, 0.29) is 5.82 Å². The van der Waals surface area contributed by atoms with Crippen molar-refractivity contribution in [2.75, 3.05) is 33.2 Å². The Morgan fingerprint density at radius 1 is 1.22 bits per heavy atom. The Morgan fingerprint density at radius 3 is 2.65 bits per heavy atom. The molecule has 1 aliphatic heterocycles. The highest BCUT2D eigenvalue weighted by atomic mass is 19.1. The van der Waals surface area contributed by atoms with Crippen molar-refractivity contribution in [2.24, 2.45) is 10.9 Å². The highest BCUT2D eigenvalue weighted by Gasteiger charge is 2.13. The van der Waals surface area contributed by atoms with Crippen LogP contribution in [0.25, 0.3) is 0 Å². The molecule has 0 amide bonds. The molecule has 2 rings (SSSR count). The number of guanidine groups is 1. The van der Waals surface area contributed by atoms with Gasteiger partial charge in [0.1, 0.15) is 5.82 Å². The van der Waals surface area contributed by atoms with E-state index in [0.717, 1.165) is 19.0 Å². The first kappa shape index (κ1) is 17.7. The van der Waals surface area contributed by atoms with E-state index in [2.05, 4.69) is 27.4 Å². The highest BCUT2D eigenvalue weighted by Crippen LogP contribution is 2.10. The molecule has 1 aromatic carbocycles. The summed E-state index contributed by atoms with van der Waals surface area (Å²) in [4.78, 5) is 6.76. The van der Waals surface area contributed by atoms with Crippen LogP contribution >= 0.6 is 0 Å². The van der Waals surface area contributed by atoms with Gasteiger partial charge in [-0.05, 0) is 37.9 Å². The molecule has 4 nitrogen and oxygen atoms in total. The Kier molecular flexibility index (Phi) is 7.33. The van der Waals surface area contributed by atoms with E-state index in [0.29, 0.717) is 18.0 Å². The molecule has 2 N–H and O–H groups in total. The number of rotatable bonds is 6. The van der Waals surface area contributed by atoms with Crippen LogP contribution in [-0.2, 0) is 6.54 Å². The van der Waals surface area contributed by atoms with Gasteiger partial charge in [0.25, 0.3) is 0 Å². The molecule has 1 heterocycles. The van der Waals surface area contributed by atoms with E-state index >= 15 is 0 Å². The van der Waals surface area contributed by atoms with E-state index in [9.17, 15) is 4.39 Å². The van der Waals surface area contributed by atoms with Gasteiger partial charge in [-0.25, -0.2) is 4.39 Å². The third-order valence-corrected chi connectivity index (χ3v) is 4.26. The zero-order valence-electron chi connectivity index (χ0n) is 14.3. The fourth-order valence-corrected chi connectivity index (χ4v) is 2.96. The number of piperidine rings is 1. The highest BCUT2D eigenvalue weighted by molar-refractivity contribution is 5.79.